The van der Waals surface area contributed by atoms with Gasteiger partial charge in [-0.1, -0.05) is 0 Å². The Morgan fingerprint density at radius 1 is 1.33 bits per heavy atom. The Bertz CT molecular complexity index is 562. The maximum atomic E-state index is 12.3. The summed E-state index contributed by atoms with van der Waals surface area (Å²) in [7, 11) is 1.51. The molecule has 0 spiro atoms. The second kappa shape index (κ2) is 8.51. The van der Waals surface area contributed by atoms with E-state index in [4.69, 9.17) is 14.6 Å². The topological polar surface area (TPSA) is 108 Å². The maximum Gasteiger partial charge on any atom is 0.407 e. The Labute approximate surface area is 140 Å². The first kappa shape index (κ1) is 18.0. The van der Waals surface area contributed by atoms with E-state index >= 15 is 0 Å². The summed E-state index contributed by atoms with van der Waals surface area (Å²) in [4.78, 5) is 24.7. The summed E-state index contributed by atoms with van der Waals surface area (Å²) in [6.07, 6.45) is -0.824. The molecule has 8 nitrogen and oxygen atoms in total. The molecule has 1 aromatic rings. The number of benzene rings is 1. The van der Waals surface area contributed by atoms with Gasteiger partial charge in [0.05, 0.1) is 12.1 Å². The first-order chi connectivity index (χ1) is 11.5. The number of carbonyl (C=O) groups excluding carboxylic acids is 1. The van der Waals surface area contributed by atoms with Crippen LogP contribution in [-0.4, -0.2) is 66.3 Å². The van der Waals surface area contributed by atoms with Crippen molar-refractivity contribution in [3.05, 3.63) is 29.8 Å². The maximum absolute atomic E-state index is 12.3. The van der Waals surface area contributed by atoms with Crippen LogP contribution in [0.15, 0.2) is 24.3 Å². The van der Waals surface area contributed by atoms with Gasteiger partial charge in [-0.25, -0.2) is 4.79 Å². The summed E-state index contributed by atoms with van der Waals surface area (Å²) in [5.41, 5.74) is 0.401. The molecule has 1 aliphatic rings. The molecule has 2 amide bonds. The molecule has 1 saturated heterocycles. The molecule has 0 unspecified atom stereocenters. The minimum atomic E-state index is -1.05. The number of aliphatic hydroxyl groups is 1. The van der Waals surface area contributed by atoms with Crippen molar-refractivity contribution in [2.24, 2.45) is 0 Å². The number of carbonyl (C=O) groups is 2. The molecule has 132 valence electrons. The molecule has 0 radical (unpaired) electrons. The number of methoxy groups -OCH3 is 1. The minimum Gasteiger partial charge on any atom is -0.468 e. The summed E-state index contributed by atoms with van der Waals surface area (Å²) < 4.78 is 10.0. The number of aliphatic hydroxyl groups excluding tert-OH is 1. The van der Waals surface area contributed by atoms with Crippen LogP contribution in [0.1, 0.15) is 23.2 Å². The zero-order chi connectivity index (χ0) is 17.5. The Hall–Kier alpha value is -2.32. The largest absolute Gasteiger partial charge is 0.468 e. The number of amides is 2. The average molecular weight is 338 g/mol. The number of carboxylic acid groups (broad SMARTS) is 1. The van der Waals surface area contributed by atoms with E-state index in [0.29, 0.717) is 30.7 Å². The third kappa shape index (κ3) is 4.84. The molecule has 1 fully saturated rings. The molecule has 24 heavy (non-hydrogen) atoms. The highest BCUT2D eigenvalue weighted by Gasteiger charge is 2.29. The summed E-state index contributed by atoms with van der Waals surface area (Å²) in [5.74, 6) is 0.199. The van der Waals surface area contributed by atoms with Gasteiger partial charge in [-0.3, -0.25) is 4.79 Å². The molecule has 8 heteroatoms. The van der Waals surface area contributed by atoms with Crippen LogP contribution < -0.4 is 10.1 Å². The number of hydrogen-bond donors (Lipinski definition) is 3. The van der Waals surface area contributed by atoms with E-state index in [1.807, 2.05) is 0 Å². The highest BCUT2D eigenvalue weighted by atomic mass is 16.7. The van der Waals surface area contributed by atoms with Crippen LogP contribution in [0.25, 0.3) is 0 Å². The standard InChI is InChI=1S/C16H22N2O6/c1-23-10-24-12-6-4-11(5-7-12)15(20)17-13-9-18(16(21)22)8-2-3-14(13)19/h4-7,13-14,19H,2-3,8-10H2,1H3,(H,17,20)(H,21,22)/t13-,14-/m1/s1. The van der Waals surface area contributed by atoms with Crippen molar-refractivity contribution in [2.75, 3.05) is 27.0 Å². The van der Waals surface area contributed by atoms with Crippen molar-refractivity contribution in [2.45, 2.75) is 25.0 Å². The molecule has 3 N–H and O–H groups in total. The summed E-state index contributed by atoms with van der Waals surface area (Å²) in [6.45, 7) is 0.534. The van der Waals surface area contributed by atoms with Gasteiger partial charge < -0.3 is 29.9 Å². The molecule has 2 atom stereocenters. The zero-order valence-electron chi connectivity index (χ0n) is 13.5. The number of likely N-dealkylation sites (tertiary alicyclic amines) is 1. The fraction of sp³-hybridized carbons (Fsp3) is 0.500. The molecule has 2 rings (SSSR count). The first-order valence-electron chi connectivity index (χ1n) is 7.70. The van der Waals surface area contributed by atoms with Gasteiger partial charge in [0.15, 0.2) is 6.79 Å². The van der Waals surface area contributed by atoms with Crippen LogP contribution >= 0.6 is 0 Å². The summed E-state index contributed by atoms with van der Waals surface area (Å²) >= 11 is 0. The van der Waals surface area contributed by atoms with E-state index in [1.54, 1.807) is 24.3 Å². The van der Waals surface area contributed by atoms with Crippen molar-refractivity contribution in [1.82, 2.24) is 10.2 Å². The number of nitrogens with one attached hydrogen (secondary N) is 1. The smallest absolute Gasteiger partial charge is 0.407 e. The summed E-state index contributed by atoms with van der Waals surface area (Å²) in [6, 6.07) is 5.83. The predicted octanol–water partition coefficient (Wildman–Crippen LogP) is 0.902. The normalized spacial score (nSPS) is 21.0. The molecule has 0 aromatic heterocycles. The molecule has 1 heterocycles. The second-order valence-corrected chi connectivity index (χ2v) is 5.59. The van der Waals surface area contributed by atoms with Gasteiger partial charge in [0.25, 0.3) is 5.91 Å². The third-order valence-electron chi connectivity index (χ3n) is 3.86. The monoisotopic (exact) mass is 338 g/mol. The molecular weight excluding hydrogens is 316 g/mol. The van der Waals surface area contributed by atoms with Gasteiger partial charge in [0.2, 0.25) is 0 Å². The molecule has 1 aliphatic heterocycles. The van der Waals surface area contributed by atoms with Crippen LogP contribution in [0, 0.1) is 0 Å². The van der Waals surface area contributed by atoms with Crippen molar-refractivity contribution < 1.29 is 29.3 Å². The number of hydrogen-bond acceptors (Lipinski definition) is 5. The van der Waals surface area contributed by atoms with E-state index < -0.39 is 18.2 Å². The zero-order valence-corrected chi connectivity index (χ0v) is 13.5. The fourth-order valence-electron chi connectivity index (χ4n) is 2.54. The number of nitrogens with zero attached hydrogens (tertiary/aromatic N) is 1. The molecule has 0 saturated carbocycles. The lowest BCUT2D eigenvalue weighted by atomic mass is 10.1. The van der Waals surface area contributed by atoms with Crippen LogP contribution in [0.3, 0.4) is 0 Å². The average Bonchev–Trinajstić information content (AvgIpc) is 2.75. The van der Waals surface area contributed by atoms with Crippen molar-refractivity contribution in [1.29, 1.82) is 0 Å². The lowest BCUT2D eigenvalue weighted by molar-refractivity contribution is 0.0511. The van der Waals surface area contributed by atoms with E-state index in [1.165, 1.54) is 12.0 Å². The Morgan fingerprint density at radius 3 is 2.67 bits per heavy atom. The Balaban J connectivity index is 1.99. The summed E-state index contributed by atoms with van der Waals surface area (Å²) in [5, 5.41) is 22.0. The molecule has 1 aromatic carbocycles. The molecule has 0 bridgehead atoms. The first-order valence-corrected chi connectivity index (χ1v) is 7.70. The highest BCUT2D eigenvalue weighted by Crippen LogP contribution is 2.15. The molecular formula is C16H22N2O6. The quantitative estimate of drug-likeness (QED) is 0.689. The number of ether oxygens (including phenoxy) is 2. The lowest BCUT2D eigenvalue weighted by Crippen LogP contribution is -2.49. The fourth-order valence-corrected chi connectivity index (χ4v) is 2.54. The van der Waals surface area contributed by atoms with Gasteiger partial charge in [0, 0.05) is 25.8 Å². The SMILES string of the molecule is COCOc1ccc(C(=O)N[C@@H]2CN(C(=O)O)CCC[C@H]2O)cc1. The van der Waals surface area contributed by atoms with Gasteiger partial charge >= 0.3 is 6.09 Å². The van der Waals surface area contributed by atoms with Crippen LogP contribution in [0.5, 0.6) is 5.75 Å². The van der Waals surface area contributed by atoms with Gasteiger partial charge in [0.1, 0.15) is 5.75 Å². The Kier molecular flexibility index (Phi) is 6.39. The van der Waals surface area contributed by atoms with Crippen LogP contribution in [-0.2, 0) is 4.74 Å². The van der Waals surface area contributed by atoms with E-state index in [2.05, 4.69) is 5.32 Å². The van der Waals surface area contributed by atoms with Crippen molar-refractivity contribution in [3.63, 3.8) is 0 Å². The van der Waals surface area contributed by atoms with Crippen LogP contribution in [0.4, 0.5) is 4.79 Å². The van der Waals surface area contributed by atoms with Crippen molar-refractivity contribution in [3.8, 4) is 5.75 Å². The lowest BCUT2D eigenvalue weighted by Gasteiger charge is -2.25. The minimum absolute atomic E-state index is 0.0667. The molecule has 0 aliphatic carbocycles. The van der Waals surface area contributed by atoms with E-state index in [-0.39, 0.29) is 19.2 Å². The van der Waals surface area contributed by atoms with Gasteiger partial charge in [-0.15, -0.1) is 0 Å². The third-order valence-corrected chi connectivity index (χ3v) is 3.86. The predicted molar refractivity (Wildman–Crippen MR) is 85.0 cm³/mol. The van der Waals surface area contributed by atoms with E-state index in [0.717, 1.165) is 0 Å². The van der Waals surface area contributed by atoms with Crippen LogP contribution in [0.2, 0.25) is 0 Å². The highest BCUT2D eigenvalue weighted by molar-refractivity contribution is 5.94. The van der Waals surface area contributed by atoms with Gasteiger partial charge in [-0.05, 0) is 37.1 Å². The number of rotatable bonds is 5. The Morgan fingerprint density at radius 2 is 2.04 bits per heavy atom. The van der Waals surface area contributed by atoms with E-state index in [9.17, 15) is 14.7 Å². The van der Waals surface area contributed by atoms with Crippen molar-refractivity contribution >= 4 is 12.0 Å². The second-order valence-electron chi connectivity index (χ2n) is 5.59. The van der Waals surface area contributed by atoms with Gasteiger partial charge in [-0.2, -0.15) is 0 Å².